The van der Waals surface area contributed by atoms with Crippen LogP contribution in [0.3, 0.4) is 0 Å². The number of nitrogens with zero attached hydrogens (tertiary/aromatic N) is 3. The number of ether oxygens (including phenoxy) is 2. The minimum atomic E-state index is -0.360. The van der Waals surface area contributed by atoms with Gasteiger partial charge in [0.05, 0.1) is 5.69 Å². The Labute approximate surface area is 201 Å². The fourth-order valence-corrected chi connectivity index (χ4v) is 4.51. The third kappa shape index (κ3) is 6.03. The van der Waals surface area contributed by atoms with Gasteiger partial charge in [-0.1, -0.05) is 41.9 Å². The van der Waals surface area contributed by atoms with Crippen LogP contribution >= 0.6 is 22.9 Å². The van der Waals surface area contributed by atoms with Gasteiger partial charge in [0.15, 0.2) is 0 Å². The molecule has 0 atom stereocenters. The van der Waals surface area contributed by atoms with Crippen molar-refractivity contribution in [2.45, 2.75) is 20.1 Å². The smallest absolute Gasteiger partial charge is 0.410 e. The summed E-state index contributed by atoms with van der Waals surface area (Å²) in [7, 11) is 0. The Hall–Kier alpha value is -3.10. The fourth-order valence-electron chi connectivity index (χ4n) is 3.43. The van der Waals surface area contributed by atoms with E-state index in [4.69, 9.17) is 21.1 Å². The molecule has 4 rings (SSSR count). The minimum Gasteiger partial charge on any atom is -0.486 e. The van der Waals surface area contributed by atoms with Crippen molar-refractivity contribution in [1.82, 2.24) is 14.8 Å². The van der Waals surface area contributed by atoms with Gasteiger partial charge in [-0.15, -0.1) is 11.3 Å². The monoisotopic (exact) mass is 485 g/mol. The average Bonchev–Trinajstić information content (AvgIpc) is 3.23. The number of aryl methyl sites for hydroxylation is 1. The van der Waals surface area contributed by atoms with Gasteiger partial charge in [-0.05, 0) is 36.8 Å². The van der Waals surface area contributed by atoms with Crippen LogP contribution < -0.4 is 4.74 Å². The molecule has 0 unspecified atom stereocenters. The van der Waals surface area contributed by atoms with E-state index in [2.05, 4.69) is 4.98 Å². The van der Waals surface area contributed by atoms with Gasteiger partial charge in [-0.2, -0.15) is 0 Å². The van der Waals surface area contributed by atoms with Gasteiger partial charge >= 0.3 is 6.09 Å². The van der Waals surface area contributed by atoms with Crippen LogP contribution in [0.25, 0.3) is 0 Å². The molecule has 3 aromatic rings. The molecule has 9 heteroatoms. The standard InChI is InChI=1S/C24H24ClN3O4S/c1-17-22(33-21(26-17)16-31-20-9-7-19(25)8-10-20)23(29)27-11-13-28(14-12-27)24(30)32-15-18-5-3-2-4-6-18/h2-10H,11-16H2,1H3. The molecule has 1 aliphatic heterocycles. The molecule has 1 aliphatic rings. The van der Waals surface area contributed by atoms with Gasteiger partial charge in [-0.25, -0.2) is 9.78 Å². The van der Waals surface area contributed by atoms with E-state index in [0.717, 1.165) is 10.6 Å². The number of aromatic nitrogens is 1. The van der Waals surface area contributed by atoms with Crippen molar-refractivity contribution in [3.8, 4) is 5.75 Å². The summed E-state index contributed by atoms with van der Waals surface area (Å²) in [4.78, 5) is 33.9. The van der Waals surface area contributed by atoms with Crippen LogP contribution in [0.5, 0.6) is 5.75 Å². The highest BCUT2D eigenvalue weighted by Crippen LogP contribution is 2.23. The van der Waals surface area contributed by atoms with Gasteiger partial charge in [0.25, 0.3) is 5.91 Å². The number of hydrogen-bond acceptors (Lipinski definition) is 6. The molecule has 1 saturated heterocycles. The van der Waals surface area contributed by atoms with Crippen molar-refractivity contribution in [1.29, 1.82) is 0 Å². The highest BCUT2D eigenvalue weighted by Gasteiger charge is 2.28. The largest absolute Gasteiger partial charge is 0.486 e. The lowest BCUT2D eigenvalue weighted by Gasteiger charge is -2.33. The zero-order valence-electron chi connectivity index (χ0n) is 18.2. The molecule has 0 saturated carbocycles. The highest BCUT2D eigenvalue weighted by molar-refractivity contribution is 7.13. The second-order valence-electron chi connectivity index (χ2n) is 7.58. The number of rotatable bonds is 6. The summed E-state index contributed by atoms with van der Waals surface area (Å²) in [5.74, 6) is 0.621. The third-order valence-electron chi connectivity index (χ3n) is 5.24. The van der Waals surface area contributed by atoms with Crippen molar-refractivity contribution >= 4 is 34.9 Å². The van der Waals surface area contributed by atoms with Crippen molar-refractivity contribution in [3.05, 3.63) is 80.8 Å². The zero-order valence-corrected chi connectivity index (χ0v) is 19.8. The van der Waals surface area contributed by atoms with Crippen LogP contribution in [0.15, 0.2) is 54.6 Å². The highest BCUT2D eigenvalue weighted by atomic mass is 35.5. The lowest BCUT2D eigenvalue weighted by Crippen LogP contribution is -2.50. The van der Waals surface area contributed by atoms with E-state index in [0.29, 0.717) is 47.5 Å². The number of halogens is 1. The maximum absolute atomic E-state index is 13.0. The Kier molecular flexibility index (Phi) is 7.47. The Morgan fingerprint density at radius 3 is 2.33 bits per heavy atom. The van der Waals surface area contributed by atoms with Gasteiger partial charge in [0.1, 0.15) is 28.8 Å². The van der Waals surface area contributed by atoms with Crippen molar-refractivity contribution in [3.63, 3.8) is 0 Å². The Balaban J connectivity index is 1.27. The minimum absolute atomic E-state index is 0.0694. The molecule has 33 heavy (non-hydrogen) atoms. The molecule has 2 heterocycles. The van der Waals surface area contributed by atoms with E-state index in [9.17, 15) is 9.59 Å². The second-order valence-corrected chi connectivity index (χ2v) is 9.10. The van der Waals surface area contributed by atoms with E-state index in [-0.39, 0.29) is 25.2 Å². The molecule has 0 aliphatic carbocycles. The first kappa shape index (κ1) is 23.1. The molecule has 1 aromatic heterocycles. The summed E-state index contributed by atoms with van der Waals surface area (Å²) in [6.07, 6.45) is -0.360. The molecule has 7 nitrogen and oxygen atoms in total. The van der Waals surface area contributed by atoms with E-state index in [1.54, 1.807) is 34.1 Å². The Morgan fingerprint density at radius 1 is 0.970 bits per heavy atom. The number of carbonyl (C=O) groups is 2. The van der Waals surface area contributed by atoms with E-state index in [1.807, 2.05) is 37.3 Å². The number of amides is 2. The Morgan fingerprint density at radius 2 is 1.64 bits per heavy atom. The van der Waals surface area contributed by atoms with Crippen molar-refractivity contribution < 1.29 is 19.1 Å². The fraction of sp³-hybridized carbons (Fsp3) is 0.292. The van der Waals surface area contributed by atoms with Crippen LogP contribution in [0.2, 0.25) is 5.02 Å². The lowest BCUT2D eigenvalue weighted by atomic mass is 10.2. The van der Waals surface area contributed by atoms with Gasteiger partial charge < -0.3 is 19.3 Å². The maximum atomic E-state index is 13.0. The van der Waals surface area contributed by atoms with Crippen LogP contribution in [-0.4, -0.2) is 53.0 Å². The average molecular weight is 486 g/mol. The Bertz CT molecular complexity index is 1100. The van der Waals surface area contributed by atoms with Crippen LogP contribution in [-0.2, 0) is 18.0 Å². The van der Waals surface area contributed by atoms with Gasteiger partial charge in [0.2, 0.25) is 0 Å². The summed E-state index contributed by atoms with van der Waals surface area (Å²) >= 11 is 7.23. The number of thiazole rings is 1. The van der Waals surface area contributed by atoms with E-state index >= 15 is 0 Å². The molecule has 2 aromatic carbocycles. The zero-order chi connectivity index (χ0) is 23.2. The topological polar surface area (TPSA) is 72.0 Å². The molecule has 172 valence electrons. The molecule has 0 bridgehead atoms. The number of benzene rings is 2. The second kappa shape index (κ2) is 10.7. The molecule has 0 spiro atoms. The normalized spacial score (nSPS) is 13.6. The third-order valence-corrected chi connectivity index (χ3v) is 6.61. The molecular weight excluding hydrogens is 462 g/mol. The first-order valence-corrected chi connectivity index (χ1v) is 11.8. The predicted octanol–water partition coefficient (Wildman–Crippen LogP) is 4.78. The lowest BCUT2D eigenvalue weighted by molar-refractivity contribution is 0.0546. The van der Waals surface area contributed by atoms with E-state index in [1.165, 1.54) is 11.3 Å². The summed E-state index contributed by atoms with van der Waals surface area (Å²) in [6, 6.07) is 16.7. The summed E-state index contributed by atoms with van der Waals surface area (Å²) in [6.45, 7) is 4.11. The predicted molar refractivity (Wildman–Crippen MR) is 127 cm³/mol. The molecular formula is C24H24ClN3O4S. The summed E-state index contributed by atoms with van der Waals surface area (Å²) in [5.41, 5.74) is 1.63. The first-order valence-electron chi connectivity index (χ1n) is 10.6. The summed E-state index contributed by atoms with van der Waals surface area (Å²) in [5, 5.41) is 1.37. The number of hydrogen-bond donors (Lipinski definition) is 0. The molecule has 1 fully saturated rings. The van der Waals surface area contributed by atoms with Crippen LogP contribution in [0.4, 0.5) is 4.79 Å². The quantitative estimate of drug-likeness (QED) is 0.502. The van der Waals surface area contributed by atoms with Gasteiger partial charge in [-0.3, -0.25) is 4.79 Å². The SMILES string of the molecule is Cc1nc(COc2ccc(Cl)cc2)sc1C(=O)N1CCN(C(=O)OCc2ccccc2)CC1. The number of carbonyl (C=O) groups excluding carboxylic acids is 2. The molecule has 0 radical (unpaired) electrons. The summed E-state index contributed by atoms with van der Waals surface area (Å²) < 4.78 is 11.1. The van der Waals surface area contributed by atoms with E-state index < -0.39 is 0 Å². The van der Waals surface area contributed by atoms with Crippen molar-refractivity contribution in [2.75, 3.05) is 26.2 Å². The van der Waals surface area contributed by atoms with Gasteiger partial charge in [0, 0.05) is 31.2 Å². The van der Waals surface area contributed by atoms with Crippen molar-refractivity contribution in [2.24, 2.45) is 0 Å². The number of piperazine rings is 1. The maximum Gasteiger partial charge on any atom is 0.410 e. The first-order chi connectivity index (χ1) is 16.0. The molecule has 0 N–H and O–H groups in total. The van der Waals surface area contributed by atoms with Crippen LogP contribution in [0, 0.1) is 6.92 Å². The van der Waals surface area contributed by atoms with Crippen LogP contribution in [0.1, 0.15) is 25.9 Å². The molecule has 2 amide bonds.